The van der Waals surface area contributed by atoms with Crippen molar-refractivity contribution in [3.63, 3.8) is 0 Å². The zero-order valence-electron chi connectivity index (χ0n) is 15.3. The Morgan fingerprint density at radius 1 is 1.04 bits per heavy atom. The van der Waals surface area contributed by atoms with E-state index in [1.165, 1.54) is 32.1 Å². The van der Waals surface area contributed by atoms with E-state index in [4.69, 9.17) is 5.73 Å². The number of para-hydroxylation sites is 1. The molecule has 24 heavy (non-hydrogen) atoms. The van der Waals surface area contributed by atoms with Crippen molar-refractivity contribution in [2.45, 2.75) is 65.7 Å². The average molecular weight is 332 g/mol. The van der Waals surface area contributed by atoms with Crippen LogP contribution in [0, 0.1) is 13.8 Å². The van der Waals surface area contributed by atoms with Crippen LogP contribution >= 0.6 is 0 Å². The van der Waals surface area contributed by atoms with Crippen molar-refractivity contribution in [1.82, 2.24) is 5.32 Å². The number of aryl methyl sites for hydroxylation is 2. The highest BCUT2D eigenvalue weighted by atomic mass is 16.2. The summed E-state index contributed by atoms with van der Waals surface area (Å²) in [6.45, 7) is 6.80. The minimum atomic E-state index is -0.354. The van der Waals surface area contributed by atoms with Gasteiger partial charge in [0.15, 0.2) is 5.96 Å². The number of hydrogen-bond acceptors (Lipinski definition) is 2. The van der Waals surface area contributed by atoms with Crippen LogP contribution in [0.1, 0.15) is 63.0 Å². The average Bonchev–Trinajstić information content (AvgIpc) is 2.53. The molecule has 0 radical (unpaired) electrons. The molecule has 4 N–H and O–H groups in total. The van der Waals surface area contributed by atoms with E-state index in [2.05, 4.69) is 22.5 Å². The number of nitrogens with zero attached hydrogens (tertiary/aromatic N) is 1. The van der Waals surface area contributed by atoms with Crippen LogP contribution in [0.25, 0.3) is 0 Å². The van der Waals surface area contributed by atoms with Crippen molar-refractivity contribution >= 4 is 17.7 Å². The van der Waals surface area contributed by atoms with Gasteiger partial charge in [0.05, 0.1) is 0 Å². The molecule has 5 heteroatoms. The third-order valence-electron chi connectivity index (χ3n) is 4.01. The second-order valence-electron chi connectivity index (χ2n) is 6.23. The van der Waals surface area contributed by atoms with E-state index in [0.29, 0.717) is 6.54 Å². The maximum atomic E-state index is 12.0. The number of nitrogens with one attached hydrogen (secondary N) is 2. The van der Waals surface area contributed by atoms with E-state index in [1.807, 2.05) is 32.0 Å². The minimum Gasteiger partial charge on any atom is -0.370 e. The van der Waals surface area contributed by atoms with Crippen LogP contribution in [0.4, 0.5) is 10.5 Å². The Morgan fingerprint density at radius 2 is 1.62 bits per heavy atom. The summed E-state index contributed by atoms with van der Waals surface area (Å²) in [5.41, 5.74) is 8.61. The van der Waals surface area contributed by atoms with Crippen molar-refractivity contribution in [2.24, 2.45) is 10.7 Å². The number of aliphatic imine (C=N–C) groups is 1. The number of benzene rings is 1. The molecular weight excluding hydrogens is 300 g/mol. The number of rotatable bonds is 9. The smallest absolute Gasteiger partial charge is 0.326 e. The Hall–Kier alpha value is -2.04. The number of carbonyl (C=O) groups excluding carboxylic acids is 1. The predicted molar refractivity (Wildman–Crippen MR) is 103 cm³/mol. The summed E-state index contributed by atoms with van der Waals surface area (Å²) in [5, 5.41) is 5.41. The molecule has 0 fully saturated rings. The number of urea groups is 1. The van der Waals surface area contributed by atoms with Crippen molar-refractivity contribution in [1.29, 1.82) is 0 Å². The molecule has 134 valence electrons. The largest absolute Gasteiger partial charge is 0.370 e. The molecule has 0 saturated carbocycles. The molecule has 0 atom stereocenters. The van der Waals surface area contributed by atoms with Gasteiger partial charge in [0.1, 0.15) is 0 Å². The fourth-order valence-electron chi connectivity index (χ4n) is 2.58. The van der Waals surface area contributed by atoms with Crippen molar-refractivity contribution in [3.05, 3.63) is 29.3 Å². The van der Waals surface area contributed by atoms with E-state index in [1.54, 1.807) is 0 Å². The van der Waals surface area contributed by atoms with Crippen LogP contribution in [-0.4, -0.2) is 18.5 Å². The molecule has 0 bridgehead atoms. The molecule has 0 saturated heterocycles. The Kier molecular flexibility index (Phi) is 9.58. The first kappa shape index (κ1) is 20.0. The van der Waals surface area contributed by atoms with Gasteiger partial charge >= 0.3 is 6.03 Å². The third kappa shape index (κ3) is 7.99. The van der Waals surface area contributed by atoms with Crippen LogP contribution in [0.15, 0.2) is 23.2 Å². The van der Waals surface area contributed by atoms with Crippen molar-refractivity contribution in [3.8, 4) is 0 Å². The molecule has 1 aromatic carbocycles. The fourth-order valence-corrected chi connectivity index (χ4v) is 2.58. The molecule has 2 amide bonds. The molecule has 5 nitrogen and oxygen atoms in total. The van der Waals surface area contributed by atoms with Gasteiger partial charge in [0, 0.05) is 12.2 Å². The van der Waals surface area contributed by atoms with Crippen LogP contribution in [0.5, 0.6) is 0 Å². The molecule has 0 spiro atoms. The monoisotopic (exact) mass is 332 g/mol. The summed E-state index contributed by atoms with van der Waals surface area (Å²) in [5.74, 6) is 0.171. The Balaban J connectivity index is 2.26. The van der Waals surface area contributed by atoms with Crippen LogP contribution in [0.3, 0.4) is 0 Å². The highest BCUT2D eigenvalue weighted by molar-refractivity contribution is 6.02. The predicted octanol–water partition coefficient (Wildman–Crippen LogP) is 4.49. The van der Waals surface area contributed by atoms with Gasteiger partial charge in [-0.15, -0.1) is 0 Å². The van der Waals surface area contributed by atoms with E-state index in [0.717, 1.165) is 29.7 Å². The normalized spacial score (nSPS) is 11.4. The molecule has 1 rings (SSSR count). The summed E-state index contributed by atoms with van der Waals surface area (Å²) in [7, 11) is 0. The zero-order chi connectivity index (χ0) is 17.8. The van der Waals surface area contributed by atoms with Gasteiger partial charge in [-0.2, -0.15) is 0 Å². The highest BCUT2D eigenvalue weighted by Gasteiger charge is 2.07. The number of unbranched alkanes of at least 4 members (excludes halogenated alkanes) is 6. The summed E-state index contributed by atoms with van der Waals surface area (Å²) >= 11 is 0. The molecular formula is C19H32N4O. The molecule has 0 aliphatic rings. The zero-order valence-corrected chi connectivity index (χ0v) is 15.3. The summed E-state index contributed by atoms with van der Waals surface area (Å²) in [6, 6.07) is 5.53. The maximum Gasteiger partial charge on any atom is 0.326 e. The first-order valence-corrected chi connectivity index (χ1v) is 8.98. The van der Waals surface area contributed by atoms with Crippen LogP contribution in [0.2, 0.25) is 0 Å². The first-order valence-electron chi connectivity index (χ1n) is 8.98. The SMILES string of the molecule is CCCCCCCCCN=C(N)NC(=O)Nc1c(C)cccc1C. The lowest BCUT2D eigenvalue weighted by atomic mass is 10.1. The highest BCUT2D eigenvalue weighted by Crippen LogP contribution is 2.18. The fraction of sp³-hybridized carbons (Fsp3) is 0.579. The van der Waals surface area contributed by atoms with Gasteiger partial charge in [0.2, 0.25) is 0 Å². The van der Waals surface area contributed by atoms with Gasteiger partial charge in [0.25, 0.3) is 0 Å². The quantitative estimate of drug-likeness (QED) is 0.354. The molecule has 0 unspecified atom stereocenters. The number of carbonyl (C=O) groups is 1. The molecule has 0 aliphatic carbocycles. The summed E-state index contributed by atoms with van der Waals surface area (Å²) in [4.78, 5) is 16.2. The maximum absolute atomic E-state index is 12.0. The van der Waals surface area contributed by atoms with Gasteiger partial charge in [-0.3, -0.25) is 10.3 Å². The van der Waals surface area contributed by atoms with E-state index < -0.39 is 0 Å². The van der Waals surface area contributed by atoms with Crippen molar-refractivity contribution in [2.75, 3.05) is 11.9 Å². The Bertz CT molecular complexity index is 520. The van der Waals surface area contributed by atoms with E-state index in [-0.39, 0.29) is 12.0 Å². The van der Waals surface area contributed by atoms with Gasteiger partial charge in [-0.05, 0) is 31.4 Å². The molecule has 0 aromatic heterocycles. The minimum absolute atomic E-state index is 0.171. The topological polar surface area (TPSA) is 79.5 Å². The molecule has 0 heterocycles. The lowest BCUT2D eigenvalue weighted by Crippen LogP contribution is -2.40. The molecule has 0 aliphatic heterocycles. The number of hydrogen-bond donors (Lipinski definition) is 3. The van der Waals surface area contributed by atoms with Gasteiger partial charge in [-0.1, -0.05) is 63.6 Å². The number of anilines is 1. The van der Waals surface area contributed by atoms with Gasteiger partial charge in [-0.25, -0.2) is 4.79 Å². The standard InChI is InChI=1S/C19H32N4O/c1-4-5-6-7-8-9-10-14-21-18(20)23-19(24)22-17-15(2)12-11-13-16(17)3/h11-13H,4-10,14H2,1-3H3,(H4,20,21,22,23,24). The Morgan fingerprint density at radius 3 is 2.25 bits per heavy atom. The lowest BCUT2D eigenvalue weighted by molar-refractivity contribution is 0.256. The summed E-state index contributed by atoms with van der Waals surface area (Å²) in [6.07, 6.45) is 8.63. The van der Waals surface area contributed by atoms with Crippen LogP contribution in [-0.2, 0) is 0 Å². The lowest BCUT2D eigenvalue weighted by Gasteiger charge is -2.12. The second-order valence-corrected chi connectivity index (χ2v) is 6.23. The van der Waals surface area contributed by atoms with E-state index >= 15 is 0 Å². The Labute approximate surface area is 146 Å². The second kappa shape index (κ2) is 11.5. The van der Waals surface area contributed by atoms with Gasteiger partial charge < -0.3 is 11.1 Å². The third-order valence-corrected chi connectivity index (χ3v) is 4.01. The number of guanidine groups is 1. The van der Waals surface area contributed by atoms with Crippen molar-refractivity contribution < 1.29 is 4.79 Å². The van der Waals surface area contributed by atoms with Crippen LogP contribution < -0.4 is 16.4 Å². The first-order chi connectivity index (χ1) is 11.5. The summed E-state index contributed by atoms with van der Waals surface area (Å²) < 4.78 is 0. The number of amides is 2. The van der Waals surface area contributed by atoms with E-state index in [9.17, 15) is 4.79 Å². The molecule has 1 aromatic rings. The number of nitrogens with two attached hydrogens (primary N) is 1.